The van der Waals surface area contributed by atoms with Gasteiger partial charge in [0, 0.05) is 44.0 Å². The van der Waals surface area contributed by atoms with Gasteiger partial charge in [-0.15, -0.1) is 0 Å². The first-order valence-electron chi connectivity index (χ1n) is 21.8. The second kappa shape index (κ2) is 14.8. The van der Waals surface area contributed by atoms with E-state index in [4.69, 9.17) is 15.4 Å². The predicted octanol–water partition coefficient (Wildman–Crippen LogP) is 16.9. The van der Waals surface area contributed by atoms with Gasteiger partial charge in [-0.3, -0.25) is 0 Å². The van der Waals surface area contributed by atoms with E-state index in [-0.39, 0.29) is 0 Å². The van der Waals surface area contributed by atoms with E-state index >= 15 is 0 Å². The van der Waals surface area contributed by atoms with Crippen molar-refractivity contribution >= 4 is 95.2 Å². The maximum Gasteiger partial charge on any atom is 0.159 e. The van der Waals surface area contributed by atoms with Crippen molar-refractivity contribution in [2.24, 2.45) is 0 Å². The van der Waals surface area contributed by atoms with Gasteiger partial charge in [0.15, 0.2) is 11.2 Å². The molecule has 0 saturated carbocycles. The quantitative estimate of drug-likeness (QED) is 0.143. The third kappa shape index (κ3) is 6.36. The first kappa shape index (κ1) is 38.4. The van der Waals surface area contributed by atoms with Crippen LogP contribution in [0.1, 0.15) is 50.1 Å². The Kier molecular flexibility index (Phi) is 9.02. The molecule has 0 fully saturated rings. The zero-order chi connectivity index (χ0) is 43.1. The molecule has 2 heterocycles. The van der Waals surface area contributed by atoms with Crippen molar-refractivity contribution in [2.45, 2.75) is 48.0 Å². The van der Waals surface area contributed by atoms with Gasteiger partial charge >= 0.3 is 0 Å². The fraction of sp³-hybridized carbons (Fsp3) is 0.119. The maximum atomic E-state index is 6.82. The summed E-state index contributed by atoms with van der Waals surface area (Å²) in [7, 11) is 0. The van der Waals surface area contributed by atoms with Crippen molar-refractivity contribution in [3.05, 3.63) is 208 Å². The molecular formula is C59H48N2O2. The van der Waals surface area contributed by atoms with Crippen LogP contribution in [0.3, 0.4) is 0 Å². The van der Waals surface area contributed by atoms with Crippen LogP contribution in [-0.4, -0.2) is 0 Å². The first-order chi connectivity index (χ1) is 30.6. The molecule has 0 saturated heterocycles. The molecule has 0 atom stereocenters. The highest BCUT2D eigenvalue weighted by atomic mass is 16.3. The first-order valence-corrected chi connectivity index (χ1v) is 21.8. The standard InChI is InChI=1S/C59H48N2O2/c1-35-29-36(2)32-44(31-35)60(53-21-11-19-49-47-17-8-13-39(5)56(47)62-58(49)53)41(7)23-24-42-25-27-51-52(28-26-43-15-10-16-46(42)55(43)51)61(45-33-37(3)30-38(4)34-45)54-22-12-20-50-48-18-9-14-40(6)57(48)63-59(50)54/h8-15,17-34H,7,16H2,1-6H3/b24-23-. The second-order valence-corrected chi connectivity index (χ2v) is 17.4. The lowest BCUT2D eigenvalue weighted by molar-refractivity contribution is 0.665. The van der Waals surface area contributed by atoms with Gasteiger partial charge in [0.2, 0.25) is 0 Å². The molecule has 11 rings (SSSR count). The Bertz CT molecular complexity index is 3550. The van der Waals surface area contributed by atoms with E-state index in [0.29, 0.717) is 0 Å². The normalized spacial score (nSPS) is 12.5. The summed E-state index contributed by atoms with van der Waals surface area (Å²) in [6, 6.07) is 48.3. The summed E-state index contributed by atoms with van der Waals surface area (Å²) in [6.07, 6.45) is 9.78. The number of fused-ring (bicyclic) bond motifs is 6. The van der Waals surface area contributed by atoms with Crippen LogP contribution >= 0.6 is 0 Å². The molecule has 4 heteroatoms. The predicted molar refractivity (Wildman–Crippen MR) is 268 cm³/mol. The molecule has 0 N–H and O–H groups in total. The van der Waals surface area contributed by atoms with Crippen molar-refractivity contribution in [3.8, 4) is 0 Å². The number of rotatable bonds is 8. The van der Waals surface area contributed by atoms with Gasteiger partial charge in [-0.05, 0) is 152 Å². The Morgan fingerprint density at radius 3 is 1.68 bits per heavy atom. The van der Waals surface area contributed by atoms with Crippen LogP contribution in [0, 0.1) is 41.5 Å². The van der Waals surface area contributed by atoms with E-state index in [9.17, 15) is 0 Å². The zero-order valence-corrected chi connectivity index (χ0v) is 36.6. The van der Waals surface area contributed by atoms with E-state index in [1.807, 2.05) is 0 Å². The van der Waals surface area contributed by atoms with Crippen LogP contribution in [0.4, 0.5) is 28.4 Å². The van der Waals surface area contributed by atoms with Crippen LogP contribution in [0.25, 0.3) is 66.8 Å². The Morgan fingerprint density at radius 1 is 0.524 bits per heavy atom. The SMILES string of the molecule is C=C(/C=C\c1ccc2c(N(c3cc(C)cc(C)c3)c3cccc4c3oc3c(C)cccc34)ccc3c2c1CC=C3)N(c1cc(C)cc(C)c1)c1cccc2c1oc1c(C)cccc12. The molecule has 0 amide bonds. The molecule has 4 nitrogen and oxygen atoms in total. The summed E-state index contributed by atoms with van der Waals surface area (Å²) in [6.45, 7) is 17.6. The van der Waals surface area contributed by atoms with Gasteiger partial charge in [0.05, 0.1) is 17.1 Å². The highest BCUT2D eigenvalue weighted by Gasteiger charge is 2.25. The molecule has 1 aliphatic rings. The van der Waals surface area contributed by atoms with E-state index in [1.54, 1.807) is 0 Å². The topological polar surface area (TPSA) is 32.8 Å². The number of para-hydroxylation sites is 4. The third-order valence-electron chi connectivity index (χ3n) is 12.7. The van der Waals surface area contributed by atoms with E-state index < -0.39 is 0 Å². The maximum absolute atomic E-state index is 6.82. The molecular weight excluding hydrogens is 769 g/mol. The molecule has 0 radical (unpaired) electrons. The zero-order valence-electron chi connectivity index (χ0n) is 36.6. The number of hydrogen-bond donors (Lipinski definition) is 0. The summed E-state index contributed by atoms with van der Waals surface area (Å²) in [5.41, 5.74) is 20.4. The number of hydrogen-bond acceptors (Lipinski definition) is 4. The van der Waals surface area contributed by atoms with Crippen LogP contribution in [0.5, 0.6) is 0 Å². The van der Waals surface area contributed by atoms with E-state index in [1.165, 1.54) is 44.2 Å². The number of allylic oxidation sites excluding steroid dienone is 2. The van der Waals surface area contributed by atoms with Crippen LogP contribution in [-0.2, 0) is 6.42 Å². The summed E-state index contributed by atoms with van der Waals surface area (Å²) >= 11 is 0. The summed E-state index contributed by atoms with van der Waals surface area (Å²) in [5, 5.41) is 6.90. The summed E-state index contributed by atoms with van der Waals surface area (Å²) < 4.78 is 13.5. The van der Waals surface area contributed by atoms with Gasteiger partial charge in [-0.2, -0.15) is 0 Å². The number of nitrogens with zero attached hydrogens (tertiary/aromatic N) is 2. The molecule has 63 heavy (non-hydrogen) atoms. The van der Waals surface area contributed by atoms with E-state index in [0.717, 1.165) is 101 Å². The molecule has 0 unspecified atom stereocenters. The minimum atomic E-state index is 0.820. The van der Waals surface area contributed by atoms with E-state index in [2.05, 4.69) is 209 Å². The Labute approximate surface area is 368 Å². The van der Waals surface area contributed by atoms with Crippen molar-refractivity contribution in [1.29, 1.82) is 0 Å². The molecule has 306 valence electrons. The molecule has 2 aromatic heterocycles. The molecule has 0 bridgehead atoms. The Morgan fingerprint density at radius 2 is 1.06 bits per heavy atom. The minimum absolute atomic E-state index is 0.820. The smallest absolute Gasteiger partial charge is 0.159 e. The molecule has 8 aromatic carbocycles. The highest BCUT2D eigenvalue weighted by Crippen LogP contribution is 2.47. The molecule has 0 spiro atoms. The minimum Gasteiger partial charge on any atom is -0.454 e. The van der Waals surface area contributed by atoms with Crippen molar-refractivity contribution < 1.29 is 8.83 Å². The second-order valence-electron chi connectivity index (χ2n) is 17.4. The average molecular weight is 817 g/mol. The lowest BCUT2D eigenvalue weighted by atomic mass is 9.88. The Hall–Kier alpha value is -7.56. The lowest BCUT2D eigenvalue weighted by Crippen LogP contribution is -2.15. The van der Waals surface area contributed by atoms with Gasteiger partial charge in [-0.1, -0.05) is 116 Å². The number of anilines is 5. The summed E-state index contributed by atoms with van der Waals surface area (Å²) in [4.78, 5) is 4.65. The van der Waals surface area contributed by atoms with Crippen LogP contribution in [0.2, 0.25) is 0 Å². The lowest BCUT2D eigenvalue weighted by Gasteiger charge is -2.29. The fourth-order valence-corrected chi connectivity index (χ4v) is 10.1. The summed E-state index contributed by atoms with van der Waals surface area (Å²) in [5.74, 6) is 0. The van der Waals surface area contributed by atoms with Gasteiger partial charge in [0.25, 0.3) is 0 Å². The van der Waals surface area contributed by atoms with Crippen LogP contribution in [0.15, 0.2) is 167 Å². The Balaban J connectivity index is 1.07. The van der Waals surface area contributed by atoms with Gasteiger partial charge in [0.1, 0.15) is 11.2 Å². The molecule has 1 aliphatic carbocycles. The average Bonchev–Trinajstić information content (AvgIpc) is 3.85. The largest absolute Gasteiger partial charge is 0.454 e. The van der Waals surface area contributed by atoms with Crippen molar-refractivity contribution in [2.75, 3.05) is 9.80 Å². The number of benzene rings is 8. The number of aryl methyl sites for hydroxylation is 6. The van der Waals surface area contributed by atoms with Gasteiger partial charge in [-0.25, -0.2) is 0 Å². The molecule has 10 aromatic rings. The molecule has 0 aliphatic heterocycles. The number of furan rings is 2. The van der Waals surface area contributed by atoms with Crippen molar-refractivity contribution in [1.82, 2.24) is 0 Å². The van der Waals surface area contributed by atoms with Crippen molar-refractivity contribution in [3.63, 3.8) is 0 Å². The van der Waals surface area contributed by atoms with Gasteiger partial charge < -0.3 is 18.6 Å². The fourth-order valence-electron chi connectivity index (χ4n) is 10.1. The third-order valence-corrected chi connectivity index (χ3v) is 12.7. The highest BCUT2D eigenvalue weighted by molar-refractivity contribution is 6.14. The monoisotopic (exact) mass is 816 g/mol. The van der Waals surface area contributed by atoms with Crippen LogP contribution < -0.4 is 9.80 Å².